The van der Waals surface area contributed by atoms with Gasteiger partial charge in [-0.25, -0.2) is 0 Å². The highest BCUT2D eigenvalue weighted by Gasteiger charge is 2.36. The number of hydrogen-bond acceptors (Lipinski definition) is 3. The molecule has 4 nitrogen and oxygen atoms in total. The lowest BCUT2D eigenvalue weighted by Gasteiger charge is -2.18. The number of rotatable bonds is 1. The number of hydrogen-bond donors (Lipinski definition) is 0. The summed E-state index contributed by atoms with van der Waals surface area (Å²) in [4.78, 5) is 12.6. The van der Waals surface area contributed by atoms with Crippen molar-refractivity contribution >= 4 is 17.2 Å². The van der Waals surface area contributed by atoms with Crippen LogP contribution in [-0.2, 0) is 5.41 Å². The summed E-state index contributed by atoms with van der Waals surface area (Å²) in [6.07, 6.45) is 0. The molecule has 0 N–H and O–H groups in total. The molecule has 2 aromatic rings. The van der Waals surface area contributed by atoms with Crippen molar-refractivity contribution in [3.05, 3.63) is 69.9 Å². The average Bonchev–Trinajstić information content (AvgIpc) is 2.77. The fourth-order valence-electron chi connectivity index (χ4n) is 2.68. The number of Topliss-reactive ketones (excluding diaryl/α,β-unsaturated/α-hetero) is 1. The number of nitrogens with zero attached hydrogens (tertiary/aromatic N) is 2. The van der Waals surface area contributed by atoms with Gasteiger partial charge in [0.1, 0.15) is 5.56 Å². The molecule has 1 aliphatic heterocycles. The molecule has 0 saturated heterocycles. The second kappa shape index (κ2) is 5.06. The Morgan fingerprint density at radius 1 is 1.09 bits per heavy atom. The molecule has 0 fully saturated rings. The molecule has 0 radical (unpaired) electrons. The minimum absolute atomic E-state index is 0.00466. The summed E-state index contributed by atoms with van der Waals surface area (Å²) in [5, 5.41) is 21.4. The second-order valence-electron chi connectivity index (χ2n) is 6.64. The molecule has 1 aliphatic rings. The van der Waals surface area contributed by atoms with Gasteiger partial charge in [0.2, 0.25) is 5.69 Å². The first-order valence-electron chi connectivity index (χ1n) is 7.37. The van der Waals surface area contributed by atoms with Gasteiger partial charge in [-0.2, -0.15) is 10.0 Å². The van der Waals surface area contributed by atoms with Crippen LogP contribution >= 0.6 is 0 Å². The monoisotopic (exact) mass is 304 g/mol. The van der Waals surface area contributed by atoms with E-state index in [1.807, 2.05) is 18.2 Å². The Kier molecular flexibility index (Phi) is 3.30. The first-order chi connectivity index (χ1) is 10.8. The van der Waals surface area contributed by atoms with Crippen molar-refractivity contribution in [2.24, 2.45) is 0 Å². The molecule has 0 spiro atoms. The summed E-state index contributed by atoms with van der Waals surface area (Å²) in [7, 11) is 0. The summed E-state index contributed by atoms with van der Waals surface area (Å²) in [6.45, 7) is 6.32. The zero-order valence-corrected chi connectivity index (χ0v) is 13.3. The number of ketones is 1. The molecular formula is C19H16N2O2. The number of carbonyl (C=O) groups excluding carboxylic acids is 1. The Balaban J connectivity index is 2.06. The normalized spacial score (nSPS) is 13.9. The van der Waals surface area contributed by atoms with E-state index in [1.165, 1.54) is 12.1 Å². The molecule has 3 rings (SSSR count). The third kappa shape index (κ3) is 2.40. The largest absolute Gasteiger partial charge is 0.618 e. The van der Waals surface area contributed by atoms with Crippen LogP contribution in [0.2, 0.25) is 0 Å². The van der Waals surface area contributed by atoms with Crippen molar-refractivity contribution in [3.63, 3.8) is 0 Å². The van der Waals surface area contributed by atoms with Gasteiger partial charge in [-0.3, -0.25) is 4.79 Å². The standard InChI is InChI=1S/C19H16N2O2/c1-19(2,3)14-7-5-13(6-8-14)17-18(22)15-10-12(11-20)4-9-16(15)21(17)23/h4-10H,1-3H3. The van der Waals surface area contributed by atoms with Crippen LogP contribution in [0.5, 0.6) is 0 Å². The molecule has 0 aromatic heterocycles. The summed E-state index contributed by atoms with van der Waals surface area (Å²) < 4.78 is 0.658. The van der Waals surface area contributed by atoms with E-state index in [1.54, 1.807) is 18.2 Å². The van der Waals surface area contributed by atoms with E-state index in [0.29, 0.717) is 21.6 Å². The third-order valence-corrected chi connectivity index (χ3v) is 4.03. The van der Waals surface area contributed by atoms with Gasteiger partial charge in [-0.15, -0.1) is 0 Å². The van der Waals surface area contributed by atoms with Crippen LogP contribution in [0.25, 0.3) is 0 Å². The molecule has 0 aliphatic carbocycles. The molecule has 0 atom stereocenters. The Labute approximate surface area is 134 Å². The van der Waals surface area contributed by atoms with Gasteiger partial charge in [-0.05, 0) is 35.2 Å². The van der Waals surface area contributed by atoms with Gasteiger partial charge < -0.3 is 5.21 Å². The summed E-state index contributed by atoms with van der Waals surface area (Å²) >= 11 is 0. The Morgan fingerprint density at radius 2 is 1.74 bits per heavy atom. The molecular weight excluding hydrogens is 288 g/mol. The van der Waals surface area contributed by atoms with Gasteiger partial charge in [0.05, 0.1) is 17.2 Å². The third-order valence-electron chi connectivity index (χ3n) is 4.03. The summed E-state index contributed by atoms with van der Waals surface area (Å²) in [5.74, 6) is -0.337. The van der Waals surface area contributed by atoms with Crippen LogP contribution in [0.15, 0.2) is 42.5 Å². The molecule has 114 valence electrons. The van der Waals surface area contributed by atoms with E-state index in [-0.39, 0.29) is 22.5 Å². The lowest BCUT2D eigenvalue weighted by Crippen LogP contribution is -2.17. The molecule has 0 bridgehead atoms. The highest BCUT2D eigenvalue weighted by atomic mass is 16.5. The van der Waals surface area contributed by atoms with Crippen molar-refractivity contribution < 1.29 is 9.53 Å². The van der Waals surface area contributed by atoms with E-state index in [4.69, 9.17) is 5.26 Å². The smallest absolute Gasteiger partial charge is 0.272 e. The summed E-state index contributed by atoms with van der Waals surface area (Å²) in [5.41, 5.74) is 2.79. The predicted octanol–water partition coefficient (Wildman–Crippen LogP) is 3.68. The van der Waals surface area contributed by atoms with Crippen LogP contribution in [0.1, 0.15) is 47.8 Å². The highest BCUT2D eigenvalue weighted by molar-refractivity contribution is 6.52. The van der Waals surface area contributed by atoms with Crippen molar-refractivity contribution in [1.82, 2.24) is 0 Å². The molecule has 1 heterocycles. The number of carbonyl (C=O) groups is 1. The maximum Gasteiger partial charge on any atom is 0.272 e. The van der Waals surface area contributed by atoms with Gasteiger partial charge in [-0.1, -0.05) is 32.9 Å². The minimum Gasteiger partial charge on any atom is -0.618 e. The number of fused-ring (bicyclic) bond motifs is 1. The van der Waals surface area contributed by atoms with Crippen molar-refractivity contribution in [2.45, 2.75) is 26.2 Å². The van der Waals surface area contributed by atoms with E-state index in [2.05, 4.69) is 20.8 Å². The number of benzene rings is 2. The fourth-order valence-corrected chi connectivity index (χ4v) is 2.68. The maximum atomic E-state index is 12.6. The average molecular weight is 304 g/mol. The molecule has 4 heteroatoms. The van der Waals surface area contributed by atoms with E-state index < -0.39 is 0 Å². The van der Waals surface area contributed by atoms with Gasteiger partial charge >= 0.3 is 0 Å². The van der Waals surface area contributed by atoms with Crippen LogP contribution < -0.4 is 0 Å². The van der Waals surface area contributed by atoms with Crippen LogP contribution in [0.4, 0.5) is 5.69 Å². The van der Waals surface area contributed by atoms with E-state index in [9.17, 15) is 10.0 Å². The lowest BCUT2D eigenvalue weighted by molar-refractivity contribution is -0.355. The van der Waals surface area contributed by atoms with Crippen LogP contribution in [0.3, 0.4) is 0 Å². The minimum atomic E-state index is -0.337. The van der Waals surface area contributed by atoms with Crippen LogP contribution in [-0.4, -0.2) is 16.2 Å². The molecule has 0 amide bonds. The topological polar surface area (TPSA) is 66.9 Å². The molecule has 2 aromatic carbocycles. The highest BCUT2D eigenvalue weighted by Crippen LogP contribution is 2.30. The Hall–Kier alpha value is -2.93. The van der Waals surface area contributed by atoms with E-state index >= 15 is 0 Å². The van der Waals surface area contributed by atoms with Gasteiger partial charge in [0, 0.05) is 6.07 Å². The second-order valence-corrected chi connectivity index (χ2v) is 6.64. The zero-order valence-electron chi connectivity index (χ0n) is 13.3. The van der Waals surface area contributed by atoms with Crippen molar-refractivity contribution in [1.29, 1.82) is 5.26 Å². The molecule has 0 unspecified atom stereocenters. The molecule has 0 saturated carbocycles. The maximum absolute atomic E-state index is 12.6. The van der Waals surface area contributed by atoms with Crippen LogP contribution in [0, 0.1) is 16.5 Å². The number of nitriles is 1. The fraction of sp³-hybridized carbons (Fsp3) is 0.211. The summed E-state index contributed by atoms with van der Waals surface area (Å²) in [6, 6.07) is 14.0. The SMILES string of the molecule is CC(C)(C)c1ccc(C2=[N+]([O-])c3ccc(C#N)cc3C2=O)cc1. The zero-order chi connectivity index (χ0) is 16.8. The van der Waals surface area contributed by atoms with Gasteiger partial charge in [0.15, 0.2) is 0 Å². The Bertz CT molecular complexity index is 879. The quantitative estimate of drug-likeness (QED) is 0.596. The van der Waals surface area contributed by atoms with E-state index in [0.717, 1.165) is 5.56 Å². The lowest BCUT2D eigenvalue weighted by atomic mass is 9.86. The van der Waals surface area contributed by atoms with Crippen molar-refractivity contribution in [3.8, 4) is 6.07 Å². The first kappa shape index (κ1) is 15.0. The first-order valence-corrected chi connectivity index (χ1v) is 7.37. The Morgan fingerprint density at radius 3 is 2.30 bits per heavy atom. The van der Waals surface area contributed by atoms with Gasteiger partial charge in [0.25, 0.3) is 11.5 Å². The molecule has 23 heavy (non-hydrogen) atoms. The van der Waals surface area contributed by atoms with Crippen molar-refractivity contribution in [2.75, 3.05) is 0 Å². The predicted molar refractivity (Wildman–Crippen MR) is 88.0 cm³/mol.